The van der Waals surface area contributed by atoms with Gasteiger partial charge in [0.05, 0.1) is 0 Å². The maximum Gasteiger partial charge on any atom is 0.343 e. The topological polar surface area (TPSA) is 82.1 Å². The zero-order valence-corrected chi connectivity index (χ0v) is 8.48. The molecule has 0 saturated heterocycles. The van der Waals surface area contributed by atoms with E-state index in [9.17, 15) is 9.59 Å². The molecule has 0 unspecified atom stereocenters. The first-order valence-corrected chi connectivity index (χ1v) is 4.08. The van der Waals surface area contributed by atoms with Gasteiger partial charge in [0.2, 0.25) is 0 Å². The smallest absolute Gasteiger partial charge is 0.343 e. The Kier molecular flexibility index (Phi) is 5.58. The Labute approximate surface area is 82.1 Å². The molecule has 2 amide bonds. The van der Waals surface area contributed by atoms with Gasteiger partial charge in [0.1, 0.15) is 6.54 Å². The number of aliphatic carboxylic acids is 1. The van der Waals surface area contributed by atoms with Crippen LogP contribution in [-0.4, -0.2) is 54.3 Å². The third kappa shape index (κ3) is 5.33. The van der Waals surface area contributed by atoms with E-state index in [1.807, 2.05) is 6.92 Å². The number of carboxylic acids is 1. The number of nitrogens with zero attached hydrogens (tertiary/aromatic N) is 2. The Morgan fingerprint density at radius 1 is 1.43 bits per heavy atom. The van der Waals surface area contributed by atoms with Gasteiger partial charge in [-0.05, 0) is 0 Å². The maximum absolute atomic E-state index is 11.1. The van der Waals surface area contributed by atoms with E-state index in [-0.39, 0.29) is 6.54 Å². The summed E-state index contributed by atoms with van der Waals surface area (Å²) in [6, 6.07) is -0.604. The molecule has 7 nitrogen and oxygen atoms in total. The van der Waals surface area contributed by atoms with Gasteiger partial charge in [0.15, 0.2) is 0 Å². The molecule has 0 fully saturated rings. The highest BCUT2D eigenvalue weighted by atomic mass is 16.8. The second kappa shape index (κ2) is 6.17. The largest absolute Gasteiger partial charge is 0.480 e. The summed E-state index contributed by atoms with van der Waals surface area (Å²) >= 11 is 0. The van der Waals surface area contributed by atoms with E-state index >= 15 is 0 Å². The normalized spacial score (nSPS) is 10.0. The quantitative estimate of drug-likeness (QED) is 0.592. The van der Waals surface area contributed by atoms with Gasteiger partial charge >= 0.3 is 12.0 Å². The van der Waals surface area contributed by atoms with E-state index in [0.29, 0.717) is 6.54 Å². The summed E-state index contributed by atoms with van der Waals surface area (Å²) in [5.41, 5.74) is 2.09. The van der Waals surface area contributed by atoms with Crippen molar-refractivity contribution in [3.05, 3.63) is 0 Å². The molecule has 0 aromatic heterocycles. The Balaban J connectivity index is 3.78. The predicted octanol–water partition coefficient (Wildman–Crippen LogP) is -0.489. The number of rotatable bonds is 5. The van der Waals surface area contributed by atoms with Crippen molar-refractivity contribution >= 4 is 12.0 Å². The fourth-order valence-corrected chi connectivity index (χ4v) is 0.534. The van der Waals surface area contributed by atoms with Crippen molar-refractivity contribution in [1.29, 1.82) is 0 Å². The van der Waals surface area contributed by atoms with E-state index in [2.05, 4.69) is 5.48 Å². The molecule has 14 heavy (non-hydrogen) atoms. The van der Waals surface area contributed by atoms with Crippen LogP contribution in [0.15, 0.2) is 0 Å². The molecule has 7 heteroatoms. The van der Waals surface area contributed by atoms with E-state index in [1.54, 1.807) is 7.05 Å². The number of hydroxylamine groups is 3. The molecule has 0 aliphatic rings. The van der Waals surface area contributed by atoms with Crippen molar-refractivity contribution in [3.63, 3.8) is 0 Å². The minimum atomic E-state index is -1.08. The molecule has 0 aliphatic heterocycles. The van der Waals surface area contributed by atoms with Crippen LogP contribution in [0.2, 0.25) is 0 Å². The highest BCUT2D eigenvalue weighted by Crippen LogP contribution is 1.86. The molecule has 0 heterocycles. The molecule has 0 bridgehead atoms. The van der Waals surface area contributed by atoms with E-state index in [1.165, 1.54) is 12.1 Å². The van der Waals surface area contributed by atoms with Gasteiger partial charge in [-0.3, -0.25) is 4.79 Å². The summed E-state index contributed by atoms with van der Waals surface area (Å²) in [6.45, 7) is 2.07. The molecular formula is C7H15N3O4. The highest BCUT2D eigenvalue weighted by Gasteiger charge is 2.12. The van der Waals surface area contributed by atoms with Crippen LogP contribution in [0.3, 0.4) is 0 Å². The van der Waals surface area contributed by atoms with Gasteiger partial charge in [-0.15, -0.1) is 0 Å². The molecule has 0 aromatic carbocycles. The van der Waals surface area contributed by atoms with Crippen LogP contribution in [0.1, 0.15) is 6.92 Å². The summed E-state index contributed by atoms with van der Waals surface area (Å²) in [7, 11) is 3.00. The van der Waals surface area contributed by atoms with Crippen molar-refractivity contribution in [2.24, 2.45) is 0 Å². The first-order chi connectivity index (χ1) is 6.47. The fourth-order valence-electron chi connectivity index (χ4n) is 0.534. The van der Waals surface area contributed by atoms with Gasteiger partial charge in [-0.1, -0.05) is 6.92 Å². The zero-order valence-electron chi connectivity index (χ0n) is 8.48. The SMILES string of the molecule is CCN(C)ONC(=O)N(C)CC(=O)O. The van der Waals surface area contributed by atoms with Gasteiger partial charge < -0.3 is 10.0 Å². The number of carboxylic acid groups (broad SMARTS) is 1. The number of likely N-dealkylation sites (N-methyl/N-ethyl adjacent to an activating group) is 1. The summed E-state index contributed by atoms with van der Waals surface area (Å²) in [6.07, 6.45) is 0. The van der Waals surface area contributed by atoms with Crippen molar-refractivity contribution in [2.45, 2.75) is 6.92 Å². The van der Waals surface area contributed by atoms with Gasteiger partial charge in [0, 0.05) is 20.6 Å². The molecule has 0 aromatic rings. The average molecular weight is 205 g/mol. The standard InChI is InChI=1S/C7H15N3O4/c1-4-10(3)14-8-7(13)9(2)5-6(11)12/h4-5H2,1-3H3,(H,8,13)(H,11,12). The van der Waals surface area contributed by atoms with Crippen LogP contribution in [0.4, 0.5) is 4.79 Å². The van der Waals surface area contributed by atoms with Crippen LogP contribution in [0.25, 0.3) is 0 Å². The van der Waals surface area contributed by atoms with Gasteiger partial charge in [-0.2, -0.15) is 15.5 Å². The summed E-state index contributed by atoms with van der Waals surface area (Å²) in [5, 5.41) is 9.78. The van der Waals surface area contributed by atoms with Gasteiger partial charge in [0.25, 0.3) is 0 Å². The lowest BCUT2D eigenvalue weighted by molar-refractivity contribution is -0.177. The molecule has 0 rings (SSSR count). The van der Waals surface area contributed by atoms with E-state index in [0.717, 1.165) is 4.90 Å². The first kappa shape index (κ1) is 12.7. The summed E-state index contributed by atoms with van der Waals surface area (Å²) in [5.74, 6) is -1.08. The number of nitrogens with one attached hydrogen (secondary N) is 1. The van der Waals surface area contributed by atoms with Crippen LogP contribution in [0.5, 0.6) is 0 Å². The Bertz CT molecular complexity index is 209. The Morgan fingerprint density at radius 3 is 2.43 bits per heavy atom. The van der Waals surface area contributed by atoms with Crippen molar-refractivity contribution < 1.29 is 19.6 Å². The summed E-state index contributed by atoms with van der Waals surface area (Å²) < 4.78 is 0. The predicted molar refractivity (Wildman–Crippen MR) is 48.2 cm³/mol. The molecule has 0 saturated carbocycles. The van der Waals surface area contributed by atoms with Crippen molar-refractivity contribution in [2.75, 3.05) is 27.2 Å². The van der Waals surface area contributed by atoms with E-state index in [4.69, 9.17) is 10.0 Å². The van der Waals surface area contributed by atoms with Crippen LogP contribution in [-0.2, 0) is 9.73 Å². The number of hydrogen-bond acceptors (Lipinski definition) is 4. The second-order valence-corrected chi connectivity index (χ2v) is 2.69. The third-order valence-corrected chi connectivity index (χ3v) is 1.45. The van der Waals surface area contributed by atoms with Crippen molar-refractivity contribution in [3.8, 4) is 0 Å². The van der Waals surface area contributed by atoms with Crippen LogP contribution < -0.4 is 5.48 Å². The Morgan fingerprint density at radius 2 is 2.00 bits per heavy atom. The lowest BCUT2D eigenvalue weighted by atomic mass is 10.6. The highest BCUT2D eigenvalue weighted by molar-refractivity contribution is 5.79. The molecule has 0 atom stereocenters. The lowest BCUT2D eigenvalue weighted by Crippen LogP contribution is -2.42. The van der Waals surface area contributed by atoms with Crippen LogP contribution >= 0.6 is 0 Å². The lowest BCUT2D eigenvalue weighted by Gasteiger charge is -2.18. The number of urea groups is 1. The minimum absolute atomic E-state index is 0.370. The fraction of sp³-hybridized carbons (Fsp3) is 0.714. The molecule has 82 valence electrons. The zero-order chi connectivity index (χ0) is 11.1. The van der Waals surface area contributed by atoms with Gasteiger partial charge in [-0.25, -0.2) is 4.79 Å². The molecule has 0 aliphatic carbocycles. The third-order valence-electron chi connectivity index (χ3n) is 1.45. The molecule has 2 N–H and O–H groups in total. The van der Waals surface area contributed by atoms with Crippen molar-refractivity contribution in [1.82, 2.24) is 15.4 Å². The number of carbonyl (C=O) groups is 2. The number of hydrogen-bond donors (Lipinski definition) is 2. The molecular weight excluding hydrogens is 190 g/mol. The second-order valence-electron chi connectivity index (χ2n) is 2.69. The average Bonchev–Trinajstić information content (AvgIpc) is 2.12. The summed E-state index contributed by atoms with van der Waals surface area (Å²) in [4.78, 5) is 27.1. The Hall–Kier alpha value is -1.34. The first-order valence-electron chi connectivity index (χ1n) is 4.08. The van der Waals surface area contributed by atoms with E-state index < -0.39 is 12.0 Å². The number of carbonyl (C=O) groups excluding carboxylic acids is 1. The minimum Gasteiger partial charge on any atom is -0.480 e. The van der Waals surface area contributed by atoms with Crippen LogP contribution in [0, 0.1) is 0 Å². The monoisotopic (exact) mass is 205 g/mol. The molecule has 0 spiro atoms. The maximum atomic E-state index is 11.1. The molecule has 0 radical (unpaired) electrons. The number of amides is 2.